The van der Waals surface area contributed by atoms with Gasteiger partial charge in [-0.1, -0.05) is 29.8 Å². The molecule has 6 heteroatoms. The monoisotopic (exact) mass is 504 g/mol. The molecule has 142 valence electrons. The minimum absolute atomic E-state index is 0.348. The highest BCUT2D eigenvalue weighted by Crippen LogP contribution is 2.17. The SMILES string of the molecule is Cc1ccc(C(=O)N/N=C\c2ccc(OCc3ccc(I)cc3)cc2)c(Cl)c1. The second-order valence-electron chi connectivity index (χ2n) is 6.17. The van der Waals surface area contributed by atoms with E-state index in [1.165, 1.54) is 3.57 Å². The van der Waals surface area contributed by atoms with Crippen LogP contribution in [0.15, 0.2) is 71.8 Å². The maximum atomic E-state index is 12.1. The number of hydrazone groups is 1. The number of hydrogen-bond acceptors (Lipinski definition) is 3. The predicted octanol–water partition coefficient (Wildman–Crippen LogP) is 5.60. The largest absolute Gasteiger partial charge is 0.489 e. The van der Waals surface area contributed by atoms with Crippen molar-refractivity contribution >= 4 is 46.3 Å². The molecule has 0 unspecified atom stereocenters. The Morgan fingerprint density at radius 3 is 2.50 bits per heavy atom. The normalized spacial score (nSPS) is 10.8. The van der Waals surface area contributed by atoms with E-state index < -0.39 is 0 Å². The van der Waals surface area contributed by atoms with Crippen LogP contribution in [0.2, 0.25) is 5.02 Å². The maximum Gasteiger partial charge on any atom is 0.272 e. The zero-order chi connectivity index (χ0) is 19.9. The molecule has 3 rings (SSSR count). The first-order valence-corrected chi connectivity index (χ1v) is 10.0. The van der Waals surface area contributed by atoms with Gasteiger partial charge in [-0.05, 0) is 94.7 Å². The molecule has 0 heterocycles. The van der Waals surface area contributed by atoms with Crippen LogP contribution in [0.1, 0.15) is 27.0 Å². The second-order valence-corrected chi connectivity index (χ2v) is 7.82. The van der Waals surface area contributed by atoms with Crippen LogP contribution in [0.4, 0.5) is 0 Å². The Morgan fingerprint density at radius 2 is 1.82 bits per heavy atom. The van der Waals surface area contributed by atoms with E-state index in [0.717, 1.165) is 22.4 Å². The van der Waals surface area contributed by atoms with Gasteiger partial charge >= 0.3 is 0 Å². The van der Waals surface area contributed by atoms with Crippen molar-refractivity contribution in [3.63, 3.8) is 0 Å². The fourth-order valence-electron chi connectivity index (χ4n) is 2.43. The zero-order valence-corrected chi connectivity index (χ0v) is 18.1. The minimum atomic E-state index is -0.348. The molecule has 1 N–H and O–H groups in total. The summed E-state index contributed by atoms with van der Waals surface area (Å²) < 4.78 is 6.97. The standard InChI is InChI=1S/C22H18ClIN2O2/c1-15-2-11-20(21(23)12-15)22(27)26-25-13-16-5-9-19(10-6-16)28-14-17-3-7-18(24)8-4-17/h2-13H,14H2,1H3,(H,26,27)/b25-13-. The third kappa shape index (κ3) is 5.81. The summed E-state index contributed by atoms with van der Waals surface area (Å²) >= 11 is 8.37. The van der Waals surface area contributed by atoms with Gasteiger partial charge < -0.3 is 4.74 Å². The van der Waals surface area contributed by atoms with Crippen molar-refractivity contribution in [2.24, 2.45) is 5.10 Å². The van der Waals surface area contributed by atoms with Gasteiger partial charge in [0.2, 0.25) is 0 Å². The van der Waals surface area contributed by atoms with Crippen molar-refractivity contribution in [1.82, 2.24) is 5.43 Å². The molecular weight excluding hydrogens is 487 g/mol. The van der Waals surface area contributed by atoms with Crippen LogP contribution in [0.5, 0.6) is 5.75 Å². The fourth-order valence-corrected chi connectivity index (χ4v) is 3.11. The first-order valence-electron chi connectivity index (χ1n) is 8.58. The average Bonchev–Trinajstić information content (AvgIpc) is 2.68. The number of aryl methyl sites for hydroxylation is 1. The number of nitrogens with one attached hydrogen (secondary N) is 1. The predicted molar refractivity (Wildman–Crippen MR) is 121 cm³/mol. The van der Waals surface area contributed by atoms with E-state index in [1.807, 2.05) is 49.4 Å². The molecular formula is C22H18ClIN2O2. The number of carbonyl (C=O) groups excluding carboxylic acids is 1. The van der Waals surface area contributed by atoms with Crippen LogP contribution >= 0.6 is 34.2 Å². The Kier molecular flexibility index (Phi) is 7.06. The highest BCUT2D eigenvalue weighted by Gasteiger charge is 2.09. The summed E-state index contributed by atoms with van der Waals surface area (Å²) in [6.45, 7) is 2.43. The quantitative estimate of drug-likeness (QED) is 0.270. The number of amides is 1. The molecule has 0 spiro atoms. The van der Waals surface area contributed by atoms with Gasteiger partial charge in [0.25, 0.3) is 5.91 Å². The van der Waals surface area contributed by atoms with Crippen molar-refractivity contribution in [2.75, 3.05) is 0 Å². The van der Waals surface area contributed by atoms with Crippen LogP contribution in [-0.4, -0.2) is 12.1 Å². The number of ether oxygens (including phenoxy) is 1. The van der Waals surface area contributed by atoms with Crippen LogP contribution in [0, 0.1) is 10.5 Å². The lowest BCUT2D eigenvalue weighted by molar-refractivity contribution is 0.0955. The van der Waals surface area contributed by atoms with E-state index in [0.29, 0.717) is 17.2 Å². The topological polar surface area (TPSA) is 50.7 Å². The number of halogens is 2. The van der Waals surface area contributed by atoms with Crippen LogP contribution in [0.3, 0.4) is 0 Å². The Labute approximate surface area is 182 Å². The van der Waals surface area contributed by atoms with E-state index in [1.54, 1.807) is 18.3 Å². The molecule has 0 aliphatic heterocycles. The Morgan fingerprint density at radius 1 is 1.11 bits per heavy atom. The van der Waals surface area contributed by atoms with E-state index in [4.69, 9.17) is 16.3 Å². The lowest BCUT2D eigenvalue weighted by Gasteiger charge is -2.06. The first-order chi connectivity index (χ1) is 13.5. The van der Waals surface area contributed by atoms with Crippen molar-refractivity contribution in [2.45, 2.75) is 13.5 Å². The molecule has 0 aliphatic rings. The molecule has 28 heavy (non-hydrogen) atoms. The summed E-state index contributed by atoms with van der Waals surface area (Å²) in [5.41, 5.74) is 5.83. The van der Waals surface area contributed by atoms with Gasteiger partial charge in [0.1, 0.15) is 12.4 Å². The summed E-state index contributed by atoms with van der Waals surface area (Å²) in [5, 5.41) is 4.39. The number of benzene rings is 3. The molecule has 0 aromatic heterocycles. The Balaban J connectivity index is 1.53. The van der Waals surface area contributed by atoms with Gasteiger partial charge in [0, 0.05) is 3.57 Å². The van der Waals surface area contributed by atoms with E-state index in [2.05, 4.69) is 45.3 Å². The average molecular weight is 505 g/mol. The summed E-state index contributed by atoms with van der Waals surface area (Å²) in [7, 11) is 0. The molecule has 4 nitrogen and oxygen atoms in total. The summed E-state index contributed by atoms with van der Waals surface area (Å²) in [4.78, 5) is 12.1. The molecule has 0 radical (unpaired) electrons. The van der Waals surface area contributed by atoms with E-state index >= 15 is 0 Å². The van der Waals surface area contributed by atoms with Gasteiger partial charge in [-0.2, -0.15) is 5.10 Å². The highest BCUT2D eigenvalue weighted by molar-refractivity contribution is 14.1. The molecule has 0 saturated heterocycles. The Hall–Kier alpha value is -2.38. The van der Waals surface area contributed by atoms with Gasteiger partial charge in [-0.25, -0.2) is 5.43 Å². The minimum Gasteiger partial charge on any atom is -0.489 e. The van der Waals surface area contributed by atoms with Gasteiger partial charge in [-0.15, -0.1) is 0 Å². The van der Waals surface area contributed by atoms with Crippen molar-refractivity contribution in [3.05, 3.63) is 97.6 Å². The molecule has 1 amide bonds. The number of carbonyl (C=O) groups is 1. The van der Waals surface area contributed by atoms with E-state index in [-0.39, 0.29) is 5.91 Å². The summed E-state index contributed by atoms with van der Waals surface area (Å²) in [6, 6.07) is 20.9. The lowest BCUT2D eigenvalue weighted by Crippen LogP contribution is -2.18. The Bertz CT molecular complexity index is 986. The van der Waals surface area contributed by atoms with Gasteiger partial charge in [0.05, 0.1) is 16.8 Å². The smallest absolute Gasteiger partial charge is 0.272 e. The molecule has 3 aromatic rings. The van der Waals surface area contributed by atoms with Gasteiger partial charge in [0.15, 0.2) is 0 Å². The number of rotatable bonds is 6. The van der Waals surface area contributed by atoms with Crippen molar-refractivity contribution < 1.29 is 9.53 Å². The van der Waals surface area contributed by atoms with Crippen LogP contribution in [0.25, 0.3) is 0 Å². The molecule has 0 fully saturated rings. The van der Waals surface area contributed by atoms with Crippen molar-refractivity contribution in [1.29, 1.82) is 0 Å². The third-order valence-electron chi connectivity index (χ3n) is 3.95. The van der Waals surface area contributed by atoms with Crippen molar-refractivity contribution in [3.8, 4) is 5.75 Å². The fraction of sp³-hybridized carbons (Fsp3) is 0.0909. The number of nitrogens with zero attached hydrogens (tertiary/aromatic N) is 1. The van der Waals surface area contributed by atoms with E-state index in [9.17, 15) is 4.79 Å². The first kappa shape index (κ1) is 20.4. The van der Waals surface area contributed by atoms with Gasteiger partial charge in [-0.3, -0.25) is 4.79 Å². The summed E-state index contributed by atoms with van der Waals surface area (Å²) in [6.07, 6.45) is 1.57. The highest BCUT2D eigenvalue weighted by atomic mass is 127. The molecule has 0 bridgehead atoms. The molecule has 0 saturated carbocycles. The zero-order valence-electron chi connectivity index (χ0n) is 15.2. The number of hydrogen-bond donors (Lipinski definition) is 1. The third-order valence-corrected chi connectivity index (χ3v) is 4.98. The molecule has 0 aliphatic carbocycles. The molecule has 3 aromatic carbocycles. The van der Waals surface area contributed by atoms with Crippen LogP contribution < -0.4 is 10.2 Å². The van der Waals surface area contributed by atoms with Crippen LogP contribution in [-0.2, 0) is 6.61 Å². The molecule has 0 atom stereocenters. The lowest BCUT2D eigenvalue weighted by atomic mass is 10.1. The maximum absolute atomic E-state index is 12.1. The second kappa shape index (κ2) is 9.71. The summed E-state index contributed by atoms with van der Waals surface area (Å²) in [5.74, 6) is 0.421.